The van der Waals surface area contributed by atoms with E-state index in [1.807, 2.05) is 11.8 Å². The number of unbranched alkanes of at least 4 members (excludes halogenated alkanes) is 1. The molecule has 0 spiro atoms. The van der Waals surface area contributed by atoms with Crippen molar-refractivity contribution in [2.45, 2.75) is 52.5 Å². The molecule has 2 amide bonds. The van der Waals surface area contributed by atoms with Crippen LogP contribution in [-0.2, 0) is 16.0 Å². The molecule has 0 N–H and O–H groups in total. The number of thiophene rings is 1. The molecule has 1 aromatic heterocycles. The van der Waals surface area contributed by atoms with Crippen molar-refractivity contribution >= 4 is 23.2 Å². The van der Waals surface area contributed by atoms with E-state index in [0.29, 0.717) is 19.5 Å². The van der Waals surface area contributed by atoms with Crippen molar-refractivity contribution in [2.24, 2.45) is 0 Å². The number of hydrogen-bond acceptors (Lipinski definition) is 3. The van der Waals surface area contributed by atoms with E-state index in [1.54, 1.807) is 16.2 Å². The predicted molar refractivity (Wildman–Crippen MR) is 115 cm³/mol. The average Bonchev–Trinajstić information content (AvgIpc) is 3.19. The number of carbonyl (C=O) groups excluding carboxylic acids is 2. The third kappa shape index (κ3) is 4.46. The Labute approximate surface area is 172 Å². The molecule has 0 radical (unpaired) electrons. The first-order valence-electron chi connectivity index (χ1n) is 10.2. The van der Waals surface area contributed by atoms with Gasteiger partial charge in [0.15, 0.2) is 0 Å². The van der Waals surface area contributed by atoms with Crippen molar-refractivity contribution in [1.29, 1.82) is 0 Å². The van der Waals surface area contributed by atoms with Crippen LogP contribution in [0.15, 0.2) is 35.7 Å². The highest BCUT2D eigenvalue weighted by Gasteiger charge is 2.33. The van der Waals surface area contributed by atoms with Gasteiger partial charge in [0.2, 0.25) is 11.8 Å². The van der Waals surface area contributed by atoms with Crippen molar-refractivity contribution in [1.82, 2.24) is 9.80 Å². The van der Waals surface area contributed by atoms with Crippen molar-refractivity contribution in [3.63, 3.8) is 0 Å². The van der Waals surface area contributed by atoms with Gasteiger partial charge in [0, 0.05) is 24.4 Å². The van der Waals surface area contributed by atoms with Crippen molar-refractivity contribution in [3.05, 3.63) is 57.3 Å². The van der Waals surface area contributed by atoms with E-state index < -0.39 is 0 Å². The van der Waals surface area contributed by atoms with Gasteiger partial charge >= 0.3 is 0 Å². The Morgan fingerprint density at radius 2 is 1.93 bits per heavy atom. The molecule has 1 aromatic carbocycles. The van der Waals surface area contributed by atoms with Gasteiger partial charge in [-0.1, -0.05) is 50.1 Å². The van der Waals surface area contributed by atoms with Crippen molar-refractivity contribution in [3.8, 4) is 0 Å². The van der Waals surface area contributed by atoms with Gasteiger partial charge in [-0.05, 0) is 42.3 Å². The highest BCUT2D eigenvalue weighted by Crippen LogP contribution is 2.37. The molecule has 2 heterocycles. The summed E-state index contributed by atoms with van der Waals surface area (Å²) in [7, 11) is 0. The molecule has 1 aliphatic heterocycles. The molecule has 150 valence electrons. The summed E-state index contributed by atoms with van der Waals surface area (Å²) in [6, 6.07) is 10.5. The van der Waals surface area contributed by atoms with Crippen LogP contribution in [0, 0.1) is 6.92 Å². The quantitative estimate of drug-likeness (QED) is 0.685. The summed E-state index contributed by atoms with van der Waals surface area (Å²) in [5.41, 5.74) is 3.58. The van der Waals surface area contributed by atoms with Gasteiger partial charge in [0.1, 0.15) is 0 Å². The molecule has 2 aromatic rings. The summed E-state index contributed by atoms with van der Waals surface area (Å²) in [4.78, 5) is 30.7. The molecule has 1 aliphatic rings. The lowest BCUT2D eigenvalue weighted by Crippen LogP contribution is -2.46. The van der Waals surface area contributed by atoms with Crippen LogP contribution in [0.25, 0.3) is 0 Å². The molecular weight excluding hydrogens is 368 g/mol. The second-order valence-corrected chi connectivity index (χ2v) is 8.47. The summed E-state index contributed by atoms with van der Waals surface area (Å²) in [5.74, 6) is 0.0993. The maximum absolute atomic E-state index is 13.3. The molecule has 0 saturated heterocycles. The number of benzene rings is 1. The fourth-order valence-electron chi connectivity index (χ4n) is 3.81. The number of fused-ring (bicyclic) bond motifs is 1. The monoisotopic (exact) mass is 398 g/mol. The lowest BCUT2D eigenvalue weighted by atomic mass is 9.92. The lowest BCUT2D eigenvalue weighted by molar-refractivity contribution is -0.141. The fraction of sp³-hybridized carbons (Fsp3) is 0.478. The van der Waals surface area contributed by atoms with Crippen molar-refractivity contribution < 1.29 is 9.59 Å². The highest BCUT2D eigenvalue weighted by molar-refractivity contribution is 7.10. The normalized spacial score (nSPS) is 16.0. The minimum absolute atomic E-state index is 0.0420. The van der Waals surface area contributed by atoms with Crippen LogP contribution in [-0.4, -0.2) is 41.2 Å². The summed E-state index contributed by atoms with van der Waals surface area (Å²) in [5, 5.41) is 2.12. The van der Waals surface area contributed by atoms with Gasteiger partial charge in [-0.2, -0.15) is 0 Å². The largest absolute Gasteiger partial charge is 0.333 e. The summed E-state index contributed by atoms with van der Waals surface area (Å²) in [6.45, 7) is 7.57. The number of carbonyl (C=O) groups is 2. The molecule has 4 nitrogen and oxygen atoms in total. The molecule has 3 rings (SSSR count). The Kier molecular flexibility index (Phi) is 6.89. The lowest BCUT2D eigenvalue weighted by Gasteiger charge is -2.37. The molecule has 0 fully saturated rings. The van der Waals surface area contributed by atoms with Crippen LogP contribution >= 0.6 is 11.3 Å². The molecule has 0 aliphatic carbocycles. The van der Waals surface area contributed by atoms with Gasteiger partial charge in [-0.25, -0.2) is 0 Å². The predicted octanol–water partition coefficient (Wildman–Crippen LogP) is 4.57. The van der Waals surface area contributed by atoms with E-state index in [0.717, 1.165) is 24.8 Å². The second kappa shape index (κ2) is 9.37. The molecule has 0 bridgehead atoms. The number of hydrogen-bond donors (Lipinski definition) is 0. The topological polar surface area (TPSA) is 40.6 Å². The Balaban J connectivity index is 1.86. The molecule has 1 unspecified atom stereocenters. The maximum atomic E-state index is 13.3. The third-order valence-corrected chi connectivity index (χ3v) is 6.44. The van der Waals surface area contributed by atoms with Gasteiger partial charge < -0.3 is 9.80 Å². The highest BCUT2D eigenvalue weighted by atomic mass is 32.1. The zero-order chi connectivity index (χ0) is 20.1. The SMILES string of the molecule is CCCCN(CC(=O)N1CCc2sccc2C1c1ccc(C)cc1)C(=O)CC. The van der Waals surface area contributed by atoms with Crippen LogP contribution in [0.4, 0.5) is 0 Å². The standard InChI is InChI=1S/C23H30N2O2S/c1-4-6-13-24(21(26)5-2)16-22(27)25-14-11-20-19(12-15-28-20)23(25)18-9-7-17(3)8-10-18/h7-10,12,15,23H,4-6,11,13-14,16H2,1-3H3. The van der Waals surface area contributed by atoms with E-state index >= 15 is 0 Å². The van der Waals surface area contributed by atoms with Gasteiger partial charge in [-0.15, -0.1) is 11.3 Å². The second-order valence-electron chi connectivity index (χ2n) is 7.47. The number of nitrogens with zero attached hydrogens (tertiary/aromatic N) is 2. The van der Waals surface area contributed by atoms with Crippen LogP contribution in [0.5, 0.6) is 0 Å². The maximum Gasteiger partial charge on any atom is 0.242 e. The molecule has 1 atom stereocenters. The first-order chi connectivity index (χ1) is 13.5. The smallest absolute Gasteiger partial charge is 0.242 e. The minimum atomic E-state index is -0.0622. The zero-order valence-electron chi connectivity index (χ0n) is 17.1. The fourth-order valence-corrected chi connectivity index (χ4v) is 4.72. The Morgan fingerprint density at radius 1 is 1.18 bits per heavy atom. The van der Waals surface area contributed by atoms with E-state index in [-0.39, 0.29) is 24.4 Å². The van der Waals surface area contributed by atoms with E-state index in [9.17, 15) is 9.59 Å². The molecule has 0 saturated carbocycles. The van der Waals surface area contributed by atoms with Crippen LogP contribution in [0.3, 0.4) is 0 Å². The van der Waals surface area contributed by atoms with Gasteiger partial charge in [-0.3, -0.25) is 9.59 Å². The average molecular weight is 399 g/mol. The van der Waals surface area contributed by atoms with E-state index in [4.69, 9.17) is 0 Å². The first kappa shape index (κ1) is 20.6. The van der Waals surface area contributed by atoms with Crippen LogP contribution in [0.1, 0.15) is 60.7 Å². The number of rotatable bonds is 7. The number of aryl methyl sites for hydroxylation is 1. The van der Waals surface area contributed by atoms with Gasteiger partial charge in [0.25, 0.3) is 0 Å². The molecule has 5 heteroatoms. The Bertz CT molecular complexity index is 812. The number of amides is 2. The van der Waals surface area contributed by atoms with Crippen LogP contribution in [0.2, 0.25) is 0 Å². The van der Waals surface area contributed by atoms with Crippen LogP contribution < -0.4 is 0 Å². The summed E-state index contributed by atoms with van der Waals surface area (Å²) >= 11 is 1.77. The minimum Gasteiger partial charge on any atom is -0.333 e. The molecular formula is C23H30N2O2S. The first-order valence-corrected chi connectivity index (χ1v) is 11.1. The Hall–Kier alpha value is -2.14. The van der Waals surface area contributed by atoms with Crippen molar-refractivity contribution in [2.75, 3.05) is 19.6 Å². The van der Waals surface area contributed by atoms with Gasteiger partial charge in [0.05, 0.1) is 12.6 Å². The van der Waals surface area contributed by atoms with E-state index in [1.165, 1.54) is 16.0 Å². The third-order valence-electron chi connectivity index (χ3n) is 5.44. The summed E-state index contributed by atoms with van der Waals surface area (Å²) < 4.78 is 0. The summed E-state index contributed by atoms with van der Waals surface area (Å²) in [6.07, 6.45) is 3.26. The zero-order valence-corrected chi connectivity index (χ0v) is 17.9. The molecule has 28 heavy (non-hydrogen) atoms. The Morgan fingerprint density at radius 3 is 2.61 bits per heavy atom. The van der Waals surface area contributed by atoms with E-state index in [2.05, 4.69) is 49.6 Å².